The topological polar surface area (TPSA) is 32.3 Å². The van der Waals surface area contributed by atoms with E-state index in [1.54, 1.807) is 11.8 Å². The molecule has 2 rings (SSSR count). The zero-order chi connectivity index (χ0) is 15.1. The Morgan fingerprint density at radius 3 is 2.62 bits per heavy atom. The maximum atomic E-state index is 13.1. The first kappa shape index (κ1) is 16.3. The summed E-state index contributed by atoms with van der Waals surface area (Å²) in [5.41, 5.74) is 1.07. The predicted molar refractivity (Wildman–Crippen MR) is 86.0 cm³/mol. The summed E-state index contributed by atoms with van der Waals surface area (Å²) in [6.45, 7) is 4.72. The molecule has 1 aromatic rings. The predicted octanol–water partition coefficient (Wildman–Crippen LogP) is 2.83. The van der Waals surface area contributed by atoms with Gasteiger partial charge in [0.2, 0.25) is 5.91 Å². The van der Waals surface area contributed by atoms with Gasteiger partial charge in [-0.3, -0.25) is 9.69 Å². The lowest BCUT2D eigenvalue weighted by atomic mass is 10.1. The quantitative estimate of drug-likeness (QED) is 0.840. The van der Waals surface area contributed by atoms with E-state index in [0.29, 0.717) is 12.3 Å². The Balaban J connectivity index is 1.98. The van der Waals surface area contributed by atoms with Gasteiger partial charge >= 0.3 is 0 Å². The van der Waals surface area contributed by atoms with Crippen LogP contribution in [0.2, 0.25) is 0 Å². The van der Waals surface area contributed by atoms with Crippen LogP contribution in [0.5, 0.6) is 0 Å². The zero-order valence-corrected chi connectivity index (χ0v) is 13.3. The highest BCUT2D eigenvalue weighted by Crippen LogP contribution is 2.24. The summed E-state index contributed by atoms with van der Waals surface area (Å²) in [5.74, 6) is 1.31. The Bertz CT molecular complexity index is 446. The normalized spacial score (nSPS) is 16.9. The van der Waals surface area contributed by atoms with Gasteiger partial charge in [-0.2, -0.15) is 11.8 Å². The fourth-order valence-electron chi connectivity index (χ4n) is 2.65. The lowest BCUT2D eigenvalue weighted by molar-refractivity contribution is -0.118. The fraction of sp³-hybridized carbons (Fsp3) is 0.562. The first-order valence-electron chi connectivity index (χ1n) is 7.54. The molecule has 0 unspecified atom stereocenters. The molecule has 0 bridgehead atoms. The van der Waals surface area contributed by atoms with Crippen LogP contribution >= 0.6 is 11.8 Å². The second-order valence-corrected chi connectivity index (χ2v) is 6.53. The van der Waals surface area contributed by atoms with Gasteiger partial charge in [-0.1, -0.05) is 19.1 Å². The average Bonchev–Trinajstić information content (AvgIpc) is 3.01. The third kappa shape index (κ3) is 5.00. The maximum absolute atomic E-state index is 13.1. The number of rotatable bonds is 7. The van der Waals surface area contributed by atoms with E-state index in [4.69, 9.17) is 0 Å². The summed E-state index contributed by atoms with van der Waals surface area (Å²) in [6.07, 6.45) is 2.38. The highest BCUT2D eigenvalue weighted by molar-refractivity contribution is 7.99. The lowest BCUT2D eigenvalue weighted by Gasteiger charge is -2.28. The molecule has 0 radical (unpaired) electrons. The summed E-state index contributed by atoms with van der Waals surface area (Å²) < 4.78 is 13.1. The highest BCUT2D eigenvalue weighted by Gasteiger charge is 2.23. The van der Waals surface area contributed by atoms with Gasteiger partial charge in [0.1, 0.15) is 5.82 Å². The lowest BCUT2D eigenvalue weighted by Crippen LogP contribution is -2.37. The molecule has 1 aromatic carbocycles. The van der Waals surface area contributed by atoms with Gasteiger partial charge in [0.25, 0.3) is 0 Å². The number of nitrogens with zero attached hydrogens (tertiary/aromatic N) is 1. The molecule has 1 aliphatic heterocycles. The molecule has 0 saturated carbocycles. The van der Waals surface area contributed by atoms with Crippen LogP contribution in [0.3, 0.4) is 0 Å². The van der Waals surface area contributed by atoms with E-state index in [2.05, 4.69) is 10.2 Å². The molecule has 0 spiro atoms. The molecule has 1 fully saturated rings. The van der Waals surface area contributed by atoms with Crippen LogP contribution in [-0.2, 0) is 4.79 Å². The van der Waals surface area contributed by atoms with Crippen LogP contribution in [0, 0.1) is 5.82 Å². The van der Waals surface area contributed by atoms with E-state index in [9.17, 15) is 9.18 Å². The maximum Gasteiger partial charge on any atom is 0.230 e. The number of carbonyl (C=O) groups excluding carboxylic acids is 1. The number of halogens is 1. The Labute approximate surface area is 130 Å². The summed E-state index contributed by atoms with van der Waals surface area (Å²) in [7, 11) is 0. The van der Waals surface area contributed by atoms with Gasteiger partial charge in [0.15, 0.2) is 0 Å². The van der Waals surface area contributed by atoms with E-state index in [-0.39, 0.29) is 17.8 Å². The minimum absolute atomic E-state index is 0.0770. The van der Waals surface area contributed by atoms with Crippen molar-refractivity contribution < 1.29 is 9.18 Å². The Hall–Kier alpha value is -1.07. The molecule has 1 saturated heterocycles. The monoisotopic (exact) mass is 310 g/mol. The molecule has 1 amide bonds. The van der Waals surface area contributed by atoms with Crippen molar-refractivity contribution in [3.05, 3.63) is 35.6 Å². The van der Waals surface area contributed by atoms with Gasteiger partial charge in [-0.25, -0.2) is 4.39 Å². The third-order valence-corrected chi connectivity index (χ3v) is 4.64. The van der Waals surface area contributed by atoms with Crippen molar-refractivity contribution in [2.45, 2.75) is 25.8 Å². The van der Waals surface area contributed by atoms with Crippen LogP contribution < -0.4 is 5.32 Å². The highest BCUT2D eigenvalue weighted by atomic mass is 32.2. The minimum atomic E-state index is -0.220. The summed E-state index contributed by atoms with van der Waals surface area (Å²) >= 11 is 1.62. The van der Waals surface area contributed by atoms with Gasteiger partial charge in [0.05, 0.1) is 11.8 Å². The first-order chi connectivity index (χ1) is 10.2. The van der Waals surface area contributed by atoms with Crippen molar-refractivity contribution >= 4 is 17.7 Å². The molecule has 1 atom stereocenters. The Morgan fingerprint density at radius 2 is 2.00 bits per heavy atom. The molecule has 0 aromatic heterocycles. The standard InChI is InChI=1S/C16H23FN2OS/c1-2-21-12-16(20)18-11-15(19-9-3-4-10-19)13-5-7-14(17)8-6-13/h5-8,15H,2-4,9-12H2,1H3,(H,18,20)/t15-/m0/s1. The van der Waals surface area contributed by atoms with E-state index in [1.165, 1.54) is 25.0 Å². The van der Waals surface area contributed by atoms with Crippen LogP contribution in [0.15, 0.2) is 24.3 Å². The van der Waals surface area contributed by atoms with Crippen molar-refractivity contribution in [2.24, 2.45) is 0 Å². The average molecular weight is 310 g/mol. The van der Waals surface area contributed by atoms with Crippen LogP contribution in [0.4, 0.5) is 4.39 Å². The zero-order valence-electron chi connectivity index (χ0n) is 12.5. The van der Waals surface area contributed by atoms with Gasteiger partial charge in [-0.05, 0) is 49.4 Å². The van der Waals surface area contributed by atoms with Crippen LogP contribution in [0.25, 0.3) is 0 Å². The molecule has 1 heterocycles. The van der Waals surface area contributed by atoms with Gasteiger partial charge < -0.3 is 5.32 Å². The van der Waals surface area contributed by atoms with Crippen LogP contribution in [-0.4, -0.2) is 41.9 Å². The van der Waals surface area contributed by atoms with E-state index in [0.717, 1.165) is 24.4 Å². The van der Waals surface area contributed by atoms with Crippen LogP contribution in [0.1, 0.15) is 31.4 Å². The second-order valence-electron chi connectivity index (χ2n) is 5.25. The van der Waals surface area contributed by atoms with E-state index >= 15 is 0 Å². The number of nitrogens with one attached hydrogen (secondary N) is 1. The SMILES string of the molecule is CCSCC(=O)NC[C@@H](c1ccc(F)cc1)N1CCCC1. The smallest absolute Gasteiger partial charge is 0.230 e. The molecule has 5 heteroatoms. The minimum Gasteiger partial charge on any atom is -0.353 e. The number of hydrogen-bond acceptors (Lipinski definition) is 3. The molecule has 21 heavy (non-hydrogen) atoms. The number of amides is 1. The van der Waals surface area contributed by atoms with Crippen molar-refractivity contribution in [3.63, 3.8) is 0 Å². The fourth-order valence-corrected chi connectivity index (χ4v) is 3.14. The molecular formula is C16H23FN2OS. The molecular weight excluding hydrogens is 287 g/mol. The molecule has 3 nitrogen and oxygen atoms in total. The summed E-state index contributed by atoms with van der Waals surface area (Å²) in [5, 5.41) is 3.01. The Kier molecular flexibility index (Phi) is 6.51. The first-order valence-corrected chi connectivity index (χ1v) is 8.70. The third-order valence-electron chi connectivity index (χ3n) is 3.77. The van der Waals surface area contributed by atoms with Gasteiger partial charge in [0, 0.05) is 6.54 Å². The van der Waals surface area contributed by atoms with Crippen molar-refractivity contribution in [1.29, 1.82) is 0 Å². The summed E-state index contributed by atoms with van der Waals surface area (Å²) in [4.78, 5) is 14.2. The van der Waals surface area contributed by atoms with Crippen molar-refractivity contribution in [1.82, 2.24) is 10.2 Å². The molecule has 0 aliphatic carbocycles. The number of benzene rings is 1. The molecule has 116 valence electrons. The van der Waals surface area contributed by atoms with E-state index < -0.39 is 0 Å². The number of thioether (sulfide) groups is 1. The van der Waals surface area contributed by atoms with Gasteiger partial charge in [-0.15, -0.1) is 0 Å². The summed E-state index contributed by atoms with van der Waals surface area (Å²) in [6, 6.07) is 6.78. The molecule has 1 N–H and O–H groups in total. The van der Waals surface area contributed by atoms with Crippen molar-refractivity contribution in [3.8, 4) is 0 Å². The number of carbonyl (C=O) groups is 1. The van der Waals surface area contributed by atoms with Crippen molar-refractivity contribution in [2.75, 3.05) is 31.1 Å². The van der Waals surface area contributed by atoms with E-state index in [1.807, 2.05) is 19.1 Å². The largest absolute Gasteiger partial charge is 0.353 e. The molecule has 1 aliphatic rings. The number of hydrogen-bond donors (Lipinski definition) is 1. The Morgan fingerprint density at radius 1 is 1.33 bits per heavy atom. The second kappa shape index (κ2) is 8.39. The number of likely N-dealkylation sites (tertiary alicyclic amines) is 1.